The molecule has 0 aliphatic carbocycles. The van der Waals surface area contributed by atoms with Gasteiger partial charge >= 0.3 is 0 Å². The van der Waals surface area contributed by atoms with Gasteiger partial charge < -0.3 is 5.32 Å². The molecule has 6 heteroatoms. The van der Waals surface area contributed by atoms with Gasteiger partial charge in [-0.2, -0.15) is 0 Å². The average Bonchev–Trinajstić information content (AvgIpc) is 2.68. The number of sulfone groups is 1. The summed E-state index contributed by atoms with van der Waals surface area (Å²) in [4.78, 5) is 1.09. The number of nitrogens with one attached hydrogen (secondary N) is 1. The molecular formula is C11H16BrNO2S2. The molecule has 1 aliphatic heterocycles. The minimum atomic E-state index is -2.94. The summed E-state index contributed by atoms with van der Waals surface area (Å²) in [6.45, 7) is 0. The molecule has 17 heavy (non-hydrogen) atoms. The van der Waals surface area contributed by atoms with Crippen LogP contribution in [0.4, 0.5) is 0 Å². The van der Waals surface area contributed by atoms with Crippen molar-refractivity contribution in [1.82, 2.24) is 5.32 Å². The minimum absolute atomic E-state index is 0.0726. The lowest BCUT2D eigenvalue weighted by Crippen LogP contribution is -2.38. The van der Waals surface area contributed by atoms with Crippen LogP contribution in [0, 0.1) is 0 Å². The third-order valence-corrected chi connectivity index (χ3v) is 7.21. The van der Waals surface area contributed by atoms with Crippen molar-refractivity contribution >= 4 is 37.1 Å². The molecule has 96 valence electrons. The Morgan fingerprint density at radius 2 is 2.24 bits per heavy atom. The number of rotatable bonds is 3. The summed E-state index contributed by atoms with van der Waals surface area (Å²) in [6, 6.07) is 3.90. The lowest BCUT2D eigenvalue weighted by atomic mass is 10.1. The first kappa shape index (κ1) is 13.5. The van der Waals surface area contributed by atoms with Crippen molar-refractivity contribution in [3.63, 3.8) is 0 Å². The molecule has 1 saturated heterocycles. The van der Waals surface area contributed by atoms with Gasteiger partial charge in [0, 0.05) is 4.88 Å². The second kappa shape index (κ2) is 5.38. The molecule has 1 N–H and O–H groups in total. The van der Waals surface area contributed by atoms with Crippen LogP contribution in [0.15, 0.2) is 15.9 Å². The highest BCUT2D eigenvalue weighted by Gasteiger charge is 2.36. The van der Waals surface area contributed by atoms with Crippen LogP contribution in [-0.2, 0) is 9.84 Å². The van der Waals surface area contributed by atoms with Crippen LogP contribution in [0.1, 0.15) is 30.2 Å². The molecule has 1 aromatic rings. The maximum atomic E-state index is 12.1. The lowest BCUT2D eigenvalue weighted by Gasteiger charge is -2.29. The number of hydrogen-bond donors (Lipinski definition) is 1. The van der Waals surface area contributed by atoms with Gasteiger partial charge in [0.15, 0.2) is 9.84 Å². The monoisotopic (exact) mass is 337 g/mol. The summed E-state index contributed by atoms with van der Waals surface area (Å²) < 4.78 is 25.3. The van der Waals surface area contributed by atoms with Gasteiger partial charge in [-0.15, -0.1) is 11.3 Å². The summed E-state index contributed by atoms with van der Waals surface area (Å²) in [5, 5.41) is 2.90. The molecule has 1 fully saturated rings. The molecule has 2 unspecified atom stereocenters. The van der Waals surface area contributed by atoms with E-state index in [-0.39, 0.29) is 11.3 Å². The third-order valence-electron chi connectivity index (χ3n) is 3.21. The summed E-state index contributed by atoms with van der Waals surface area (Å²) in [6.07, 6.45) is 2.58. The quantitative estimate of drug-likeness (QED) is 0.922. The van der Waals surface area contributed by atoms with Gasteiger partial charge in [0.2, 0.25) is 0 Å². The molecule has 0 amide bonds. The van der Waals surface area contributed by atoms with E-state index in [0.717, 1.165) is 27.9 Å². The molecule has 0 radical (unpaired) electrons. The molecule has 0 aromatic carbocycles. The van der Waals surface area contributed by atoms with Gasteiger partial charge in [0.25, 0.3) is 0 Å². The molecule has 2 rings (SSSR count). The van der Waals surface area contributed by atoms with Gasteiger partial charge in [-0.05, 0) is 48.0 Å². The van der Waals surface area contributed by atoms with E-state index in [1.807, 2.05) is 19.2 Å². The van der Waals surface area contributed by atoms with E-state index in [1.165, 1.54) is 0 Å². The molecule has 3 nitrogen and oxygen atoms in total. The molecular weight excluding hydrogens is 322 g/mol. The Balaban J connectivity index is 2.29. The maximum Gasteiger partial charge on any atom is 0.155 e. The van der Waals surface area contributed by atoms with Crippen LogP contribution in [0.25, 0.3) is 0 Å². The molecule has 0 spiro atoms. The Hall–Kier alpha value is 0.0900. The fourth-order valence-corrected chi connectivity index (χ4v) is 6.18. The summed E-state index contributed by atoms with van der Waals surface area (Å²) in [5.41, 5.74) is 0. The highest BCUT2D eigenvalue weighted by atomic mass is 79.9. The van der Waals surface area contributed by atoms with E-state index >= 15 is 0 Å². The zero-order chi connectivity index (χ0) is 12.5. The van der Waals surface area contributed by atoms with Crippen molar-refractivity contribution in [2.45, 2.75) is 30.6 Å². The van der Waals surface area contributed by atoms with Crippen LogP contribution < -0.4 is 5.32 Å². The normalized spacial score (nSPS) is 25.6. The fraction of sp³-hybridized carbons (Fsp3) is 0.636. The summed E-state index contributed by atoms with van der Waals surface area (Å²) in [7, 11) is -1.11. The molecule has 1 aliphatic rings. The van der Waals surface area contributed by atoms with Crippen LogP contribution in [-0.4, -0.2) is 26.5 Å². The predicted molar refractivity (Wildman–Crippen MR) is 75.2 cm³/mol. The van der Waals surface area contributed by atoms with Crippen molar-refractivity contribution in [3.05, 3.63) is 20.8 Å². The van der Waals surface area contributed by atoms with Gasteiger partial charge in [-0.25, -0.2) is 8.42 Å². The van der Waals surface area contributed by atoms with Crippen molar-refractivity contribution in [1.29, 1.82) is 0 Å². The van der Waals surface area contributed by atoms with Crippen LogP contribution in [0.2, 0.25) is 0 Å². The minimum Gasteiger partial charge on any atom is -0.311 e. The molecule has 2 atom stereocenters. The van der Waals surface area contributed by atoms with Crippen molar-refractivity contribution in [3.8, 4) is 0 Å². The highest BCUT2D eigenvalue weighted by molar-refractivity contribution is 9.11. The van der Waals surface area contributed by atoms with E-state index < -0.39 is 9.84 Å². The van der Waals surface area contributed by atoms with Crippen molar-refractivity contribution in [2.24, 2.45) is 0 Å². The van der Waals surface area contributed by atoms with Crippen LogP contribution in [0.3, 0.4) is 0 Å². The van der Waals surface area contributed by atoms with Crippen molar-refractivity contribution < 1.29 is 8.42 Å². The average molecular weight is 338 g/mol. The van der Waals surface area contributed by atoms with E-state index in [9.17, 15) is 8.42 Å². The van der Waals surface area contributed by atoms with E-state index in [1.54, 1.807) is 11.3 Å². The Labute approximate surface area is 115 Å². The second-order valence-electron chi connectivity index (χ2n) is 4.31. The summed E-state index contributed by atoms with van der Waals surface area (Å²) >= 11 is 5.03. The largest absolute Gasteiger partial charge is 0.311 e. The lowest BCUT2D eigenvalue weighted by molar-refractivity contribution is 0.473. The number of thiophene rings is 1. The first-order valence-electron chi connectivity index (χ1n) is 5.68. The van der Waals surface area contributed by atoms with Gasteiger partial charge in [-0.1, -0.05) is 6.42 Å². The maximum absolute atomic E-state index is 12.1. The molecule has 1 aromatic heterocycles. The number of hydrogen-bond acceptors (Lipinski definition) is 4. The first-order chi connectivity index (χ1) is 8.04. The van der Waals surface area contributed by atoms with Crippen LogP contribution in [0.5, 0.6) is 0 Å². The predicted octanol–water partition coefficient (Wildman–Crippen LogP) is 2.74. The molecule has 0 bridgehead atoms. The summed E-state index contributed by atoms with van der Waals surface area (Å²) in [5.74, 6) is 0.336. The zero-order valence-corrected chi connectivity index (χ0v) is 12.9. The third kappa shape index (κ3) is 2.92. The molecule has 2 heterocycles. The van der Waals surface area contributed by atoms with Crippen molar-refractivity contribution in [2.75, 3.05) is 12.8 Å². The van der Waals surface area contributed by atoms with E-state index in [0.29, 0.717) is 5.75 Å². The first-order valence-corrected chi connectivity index (χ1v) is 9.01. The SMILES string of the molecule is CNC(c1ccc(Br)s1)C1CCCCS1(=O)=O. The topological polar surface area (TPSA) is 46.2 Å². The number of halogens is 1. The highest BCUT2D eigenvalue weighted by Crippen LogP contribution is 2.35. The Kier molecular flexibility index (Phi) is 4.28. The second-order valence-corrected chi connectivity index (χ2v) is 9.14. The van der Waals surface area contributed by atoms with Gasteiger partial charge in [0.1, 0.15) is 0 Å². The van der Waals surface area contributed by atoms with Gasteiger partial charge in [0.05, 0.1) is 20.8 Å². The standard InChI is InChI=1S/C11H16BrNO2S2/c1-13-11(8-5-6-10(12)16-8)9-4-2-3-7-17(9,14)15/h5-6,9,11,13H,2-4,7H2,1H3. The smallest absolute Gasteiger partial charge is 0.155 e. The Morgan fingerprint density at radius 3 is 2.76 bits per heavy atom. The van der Waals surface area contributed by atoms with Crippen LogP contribution >= 0.6 is 27.3 Å². The van der Waals surface area contributed by atoms with Gasteiger partial charge in [-0.3, -0.25) is 0 Å². The molecule has 0 saturated carbocycles. The fourth-order valence-electron chi connectivity index (χ4n) is 2.36. The van der Waals surface area contributed by atoms with E-state index in [2.05, 4.69) is 21.2 Å². The zero-order valence-electron chi connectivity index (χ0n) is 9.65. The van der Waals surface area contributed by atoms with E-state index in [4.69, 9.17) is 0 Å². The Bertz CT molecular complexity index is 483. The Morgan fingerprint density at radius 1 is 1.47 bits per heavy atom.